The molecule has 136 valence electrons. The van der Waals surface area contributed by atoms with E-state index < -0.39 is 6.29 Å². The van der Waals surface area contributed by atoms with Gasteiger partial charge in [0, 0.05) is 23.6 Å². The highest BCUT2D eigenvalue weighted by Gasteiger charge is 2.22. The first-order chi connectivity index (χ1) is 11.9. The Hall–Kier alpha value is -1.68. The molecule has 1 atom stereocenters. The molecule has 2 aromatic carbocycles. The Labute approximate surface area is 151 Å². The molecule has 0 heterocycles. The van der Waals surface area contributed by atoms with Crippen LogP contribution in [-0.4, -0.2) is 33.7 Å². The molecular weight excluding hydrogens is 310 g/mol. The summed E-state index contributed by atoms with van der Waals surface area (Å²) in [6, 6.07) is 19.0. The Bertz CT molecular complexity index is 629. The van der Waals surface area contributed by atoms with Crippen molar-refractivity contribution in [1.29, 1.82) is 0 Å². The minimum Gasteiger partial charge on any atom is -0.364 e. The maximum absolute atomic E-state index is 9.80. The molecule has 0 aromatic heterocycles. The minimum atomic E-state index is -1.45. The fourth-order valence-electron chi connectivity index (χ4n) is 3.64. The van der Waals surface area contributed by atoms with Gasteiger partial charge in [-0.25, -0.2) is 0 Å². The molecule has 3 nitrogen and oxygen atoms in total. The van der Waals surface area contributed by atoms with Crippen LogP contribution < -0.4 is 0 Å². The zero-order valence-corrected chi connectivity index (χ0v) is 15.8. The molecule has 0 fully saturated rings. The zero-order valence-electron chi connectivity index (χ0n) is 15.8. The first-order valence-corrected chi connectivity index (χ1v) is 9.17. The van der Waals surface area contributed by atoms with Gasteiger partial charge < -0.3 is 10.2 Å². The van der Waals surface area contributed by atoms with E-state index in [1.165, 1.54) is 5.56 Å². The third kappa shape index (κ3) is 5.15. The van der Waals surface area contributed by atoms with Gasteiger partial charge in [-0.2, -0.15) is 0 Å². The highest BCUT2D eigenvalue weighted by atomic mass is 16.5. The summed E-state index contributed by atoms with van der Waals surface area (Å²) in [5.74, 6) is 0.138. The van der Waals surface area contributed by atoms with Crippen molar-refractivity contribution >= 4 is 0 Å². The quantitative estimate of drug-likeness (QED) is 0.703. The van der Waals surface area contributed by atoms with Crippen LogP contribution >= 0.6 is 0 Å². The SMILES string of the molecule is CC(C)N(CC[C@H](c1ccccc1)c1ccccc1C(O)O)C(C)C. The van der Waals surface area contributed by atoms with Crippen LogP contribution in [0.3, 0.4) is 0 Å². The molecule has 0 radical (unpaired) electrons. The molecule has 0 spiro atoms. The number of hydrogen-bond acceptors (Lipinski definition) is 3. The second-order valence-electron chi connectivity index (χ2n) is 7.18. The predicted molar refractivity (Wildman–Crippen MR) is 104 cm³/mol. The summed E-state index contributed by atoms with van der Waals surface area (Å²) in [6.45, 7) is 9.86. The van der Waals surface area contributed by atoms with E-state index in [4.69, 9.17) is 0 Å². The topological polar surface area (TPSA) is 43.7 Å². The Balaban J connectivity index is 2.36. The third-order valence-electron chi connectivity index (χ3n) is 4.85. The van der Waals surface area contributed by atoms with E-state index in [2.05, 4.69) is 44.7 Å². The van der Waals surface area contributed by atoms with E-state index in [1.54, 1.807) is 6.07 Å². The van der Waals surface area contributed by atoms with Crippen LogP contribution in [0.5, 0.6) is 0 Å². The number of rotatable bonds is 8. The molecule has 0 aliphatic heterocycles. The normalized spacial score (nSPS) is 13.2. The van der Waals surface area contributed by atoms with Gasteiger partial charge in [0.05, 0.1) is 0 Å². The lowest BCUT2D eigenvalue weighted by Crippen LogP contribution is -2.38. The molecule has 0 aliphatic rings. The van der Waals surface area contributed by atoms with E-state index in [9.17, 15) is 10.2 Å². The molecule has 3 heteroatoms. The van der Waals surface area contributed by atoms with Crippen molar-refractivity contribution in [3.05, 3.63) is 71.3 Å². The molecule has 2 N–H and O–H groups in total. The van der Waals surface area contributed by atoms with Crippen LogP contribution in [0, 0.1) is 0 Å². The third-order valence-corrected chi connectivity index (χ3v) is 4.85. The van der Waals surface area contributed by atoms with E-state index in [0.717, 1.165) is 18.5 Å². The van der Waals surface area contributed by atoms with Gasteiger partial charge in [0.1, 0.15) is 0 Å². The smallest absolute Gasteiger partial charge is 0.178 e. The molecule has 0 saturated heterocycles. The molecule has 0 unspecified atom stereocenters. The van der Waals surface area contributed by atoms with Crippen molar-refractivity contribution in [3.8, 4) is 0 Å². The van der Waals surface area contributed by atoms with Crippen LogP contribution in [0.15, 0.2) is 54.6 Å². The standard InChI is InChI=1S/C22H31NO2/c1-16(2)23(17(3)4)15-14-19(18-10-6-5-7-11-18)20-12-8-9-13-21(20)22(24)25/h5-13,16-17,19,22,24-25H,14-15H2,1-4H3/t19-/m1/s1. The number of aliphatic hydroxyl groups is 2. The fraction of sp³-hybridized carbons (Fsp3) is 0.455. The summed E-state index contributed by atoms with van der Waals surface area (Å²) >= 11 is 0. The molecule has 0 bridgehead atoms. The van der Waals surface area contributed by atoms with Gasteiger partial charge in [-0.1, -0.05) is 54.6 Å². The van der Waals surface area contributed by atoms with Crippen LogP contribution in [-0.2, 0) is 0 Å². The Kier molecular flexibility index (Phi) is 7.18. The first-order valence-electron chi connectivity index (χ1n) is 9.17. The maximum atomic E-state index is 9.80. The molecule has 0 aliphatic carbocycles. The van der Waals surface area contributed by atoms with Gasteiger partial charge in [0.25, 0.3) is 0 Å². The van der Waals surface area contributed by atoms with Gasteiger partial charge in [-0.05, 0) is 51.8 Å². The number of nitrogens with zero attached hydrogens (tertiary/aromatic N) is 1. The van der Waals surface area contributed by atoms with Gasteiger partial charge in [0.2, 0.25) is 0 Å². The molecular formula is C22H31NO2. The van der Waals surface area contributed by atoms with Crippen LogP contribution in [0.1, 0.15) is 63.0 Å². The van der Waals surface area contributed by atoms with Crippen molar-refractivity contribution in [2.24, 2.45) is 0 Å². The molecule has 0 saturated carbocycles. The van der Waals surface area contributed by atoms with Gasteiger partial charge >= 0.3 is 0 Å². The second kappa shape index (κ2) is 9.14. The largest absolute Gasteiger partial charge is 0.364 e. The van der Waals surface area contributed by atoms with Crippen LogP contribution in [0.25, 0.3) is 0 Å². The zero-order chi connectivity index (χ0) is 18.4. The van der Waals surface area contributed by atoms with E-state index in [1.807, 2.05) is 36.4 Å². The van der Waals surface area contributed by atoms with Crippen molar-refractivity contribution in [2.45, 2.75) is 58.4 Å². The van der Waals surface area contributed by atoms with Gasteiger partial charge in [0.15, 0.2) is 6.29 Å². The number of hydrogen-bond donors (Lipinski definition) is 2. The fourth-order valence-corrected chi connectivity index (χ4v) is 3.64. The van der Waals surface area contributed by atoms with E-state index in [0.29, 0.717) is 17.6 Å². The highest BCUT2D eigenvalue weighted by molar-refractivity contribution is 5.38. The summed E-state index contributed by atoms with van der Waals surface area (Å²) in [7, 11) is 0. The summed E-state index contributed by atoms with van der Waals surface area (Å²) in [5.41, 5.74) is 2.80. The summed E-state index contributed by atoms with van der Waals surface area (Å²) in [6.07, 6.45) is -0.516. The monoisotopic (exact) mass is 341 g/mol. The molecule has 2 rings (SSSR count). The average Bonchev–Trinajstić information content (AvgIpc) is 2.59. The predicted octanol–water partition coefficient (Wildman–Crippen LogP) is 4.31. The maximum Gasteiger partial charge on any atom is 0.178 e. The minimum absolute atomic E-state index is 0.138. The van der Waals surface area contributed by atoms with Crippen molar-refractivity contribution in [3.63, 3.8) is 0 Å². The first kappa shape index (κ1) is 19.6. The number of benzene rings is 2. The Morgan fingerprint density at radius 2 is 1.28 bits per heavy atom. The van der Waals surface area contributed by atoms with Gasteiger partial charge in [-0.15, -0.1) is 0 Å². The van der Waals surface area contributed by atoms with Crippen LogP contribution in [0.4, 0.5) is 0 Å². The number of aliphatic hydroxyl groups excluding tert-OH is 1. The average molecular weight is 341 g/mol. The van der Waals surface area contributed by atoms with E-state index in [-0.39, 0.29) is 5.92 Å². The highest BCUT2D eigenvalue weighted by Crippen LogP contribution is 2.33. The Morgan fingerprint density at radius 3 is 1.80 bits per heavy atom. The second-order valence-corrected chi connectivity index (χ2v) is 7.18. The van der Waals surface area contributed by atoms with E-state index >= 15 is 0 Å². The Morgan fingerprint density at radius 1 is 0.760 bits per heavy atom. The lowest BCUT2D eigenvalue weighted by molar-refractivity contribution is -0.0432. The lowest BCUT2D eigenvalue weighted by Gasteiger charge is -2.32. The summed E-state index contributed by atoms with van der Waals surface area (Å²) < 4.78 is 0. The van der Waals surface area contributed by atoms with Gasteiger partial charge in [-0.3, -0.25) is 4.90 Å². The molecule has 2 aromatic rings. The van der Waals surface area contributed by atoms with Crippen molar-refractivity contribution < 1.29 is 10.2 Å². The summed E-state index contributed by atoms with van der Waals surface area (Å²) in [4.78, 5) is 2.48. The molecule has 0 amide bonds. The molecule has 25 heavy (non-hydrogen) atoms. The lowest BCUT2D eigenvalue weighted by atomic mass is 9.85. The van der Waals surface area contributed by atoms with Crippen molar-refractivity contribution in [2.75, 3.05) is 6.54 Å². The van der Waals surface area contributed by atoms with Crippen molar-refractivity contribution in [1.82, 2.24) is 4.90 Å². The summed E-state index contributed by atoms with van der Waals surface area (Å²) in [5, 5.41) is 19.6. The van der Waals surface area contributed by atoms with Crippen LogP contribution in [0.2, 0.25) is 0 Å².